The van der Waals surface area contributed by atoms with Gasteiger partial charge in [-0.25, -0.2) is 4.79 Å². The number of phenols is 1. The maximum absolute atomic E-state index is 13.3. The van der Waals surface area contributed by atoms with Crippen molar-refractivity contribution in [2.45, 2.75) is 50.1 Å². The predicted octanol–water partition coefficient (Wildman–Crippen LogP) is 4.09. The number of nitriles is 1. The monoisotopic (exact) mass is 430 g/mol. The zero-order valence-corrected chi connectivity index (χ0v) is 18.7. The van der Waals surface area contributed by atoms with E-state index in [1.54, 1.807) is 30.3 Å². The Hall–Kier alpha value is -3.04. The van der Waals surface area contributed by atoms with Crippen molar-refractivity contribution in [2.75, 3.05) is 25.5 Å². The van der Waals surface area contributed by atoms with E-state index in [2.05, 4.69) is 29.3 Å². The van der Waals surface area contributed by atoms with E-state index in [9.17, 15) is 9.90 Å². The smallest absolute Gasteiger partial charge is 0.321 e. The van der Waals surface area contributed by atoms with E-state index in [1.165, 1.54) is 24.0 Å². The number of nitrogens with zero attached hydrogens (tertiary/aromatic N) is 3. The molecule has 166 valence electrons. The van der Waals surface area contributed by atoms with Crippen LogP contribution in [0.15, 0.2) is 42.5 Å². The summed E-state index contributed by atoms with van der Waals surface area (Å²) in [6.07, 6.45) is 4.46. The standard InChI is InChI=1S/C26H30N4O2/c1-26-11-12-30(16-18-3-4-18)23(13-19-7-10-21(31)14-22(19)26)24(26)29(2)25(32)28-20-8-5-17(15-27)6-9-20/h5-10,14,18,23-24,31H,3-4,11-13,16H2,1-2H3,(H,28,32)/t23?,24-,26-/m1/s1. The molecule has 1 saturated carbocycles. The molecule has 1 saturated heterocycles. The summed E-state index contributed by atoms with van der Waals surface area (Å²) >= 11 is 0. The third kappa shape index (κ3) is 3.61. The normalized spacial score (nSPS) is 26.7. The molecular formula is C26H30N4O2. The summed E-state index contributed by atoms with van der Waals surface area (Å²) in [5.74, 6) is 1.08. The molecule has 0 spiro atoms. The minimum atomic E-state index is -0.228. The van der Waals surface area contributed by atoms with E-state index in [1.807, 2.05) is 18.0 Å². The van der Waals surface area contributed by atoms with Gasteiger partial charge in [-0.3, -0.25) is 4.90 Å². The lowest BCUT2D eigenvalue weighted by Crippen LogP contribution is -2.68. The molecule has 32 heavy (non-hydrogen) atoms. The number of urea groups is 1. The second kappa shape index (κ2) is 7.83. The fraction of sp³-hybridized carbons (Fsp3) is 0.462. The van der Waals surface area contributed by atoms with Crippen molar-refractivity contribution in [1.29, 1.82) is 5.26 Å². The highest BCUT2D eigenvalue weighted by Crippen LogP contribution is 2.48. The first kappa shape index (κ1) is 20.8. The van der Waals surface area contributed by atoms with Crippen molar-refractivity contribution in [3.05, 3.63) is 59.2 Å². The molecule has 1 heterocycles. The summed E-state index contributed by atoms with van der Waals surface area (Å²) < 4.78 is 0. The molecular weight excluding hydrogens is 400 g/mol. The third-order valence-corrected chi connectivity index (χ3v) is 7.73. The first-order valence-corrected chi connectivity index (χ1v) is 11.5. The average Bonchev–Trinajstić information content (AvgIpc) is 3.60. The number of carbonyl (C=O) groups excluding carboxylic acids is 1. The summed E-state index contributed by atoms with van der Waals surface area (Å²) in [5, 5.41) is 22.2. The Morgan fingerprint density at radius 3 is 2.72 bits per heavy atom. The van der Waals surface area contributed by atoms with Gasteiger partial charge >= 0.3 is 6.03 Å². The van der Waals surface area contributed by atoms with Crippen LogP contribution in [-0.4, -0.2) is 53.2 Å². The average molecular weight is 431 g/mol. The Morgan fingerprint density at radius 1 is 1.28 bits per heavy atom. The lowest BCUT2D eigenvalue weighted by Gasteiger charge is -2.58. The number of carbonyl (C=O) groups is 1. The lowest BCUT2D eigenvalue weighted by atomic mass is 9.61. The number of amides is 2. The molecule has 2 bridgehead atoms. The van der Waals surface area contributed by atoms with Gasteiger partial charge in [0.2, 0.25) is 0 Å². The Labute approximate surface area is 189 Å². The van der Waals surface area contributed by atoms with Gasteiger partial charge in [0.15, 0.2) is 0 Å². The van der Waals surface area contributed by atoms with Crippen LogP contribution in [0.4, 0.5) is 10.5 Å². The molecule has 0 aromatic heterocycles. The van der Waals surface area contributed by atoms with Crippen molar-refractivity contribution >= 4 is 11.7 Å². The van der Waals surface area contributed by atoms with Crippen LogP contribution in [0.5, 0.6) is 5.75 Å². The van der Waals surface area contributed by atoms with E-state index in [4.69, 9.17) is 5.26 Å². The summed E-state index contributed by atoms with van der Waals surface area (Å²) in [6.45, 7) is 4.38. The van der Waals surface area contributed by atoms with Crippen LogP contribution in [0.1, 0.15) is 42.9 Å². The molecule has 2 aliphatic carbocycles. The fourth-order valence-electron chi connectivity index (χ4n) is 5.86. The molecule has 6 nitrogen and oxygen atoms in total. The number of benzene rings is 2. The quantitative estimate of drug-likeness (QED) is 0.766. The summed E-state index contributed by atoms with van der Waals surface area (Å²) in [7, 11) is 1.89. The molecule has 5 rings (SSSR count). The van der Waals surface area contributed by atoms with Gasteiger partial charge in [-0.1, -0.05) is 13.0 Å². The molecule has 2 aromatic carbocycles. The first-order valence-electron chi connectivity index (χ1n) is 11.5. The van der Waals surface area contributed by atoms with Crippen LogP contribution in [0.3, 0.4) is 0 Å². The predicted molar refractivity (Wildman–Crippen MR) is 124 cm³/mol. The van der Waals surface area contributed by atoms with E-state index < -0.39 is 0 Å². The minimum Gasteiger partial charge on any atom is -0.508 e. The molecule has 2 N–H and O–H groups in total. The number of anilines is 1. The number of likely N-dealkylation sites (tertiary alicyclic amines) is 1. The van der Waals surface area contributed by atoms with E-state index in [-0.39, 0.29) is 29.3 Å². The minimum absolute atomic E-state index is 0.00248. The number of rotatable bonds is 4. The molecule has 1 unspecified atom stereocenters. The zero-order chi connectivity index (χ0) is 22.5. The number of nitrogens with one attached hydrogen (secondary N) is 1. The maximum atomic E-state index is 13.3. The number of hydrogen-bond acceptors (Lipinski definition) is 4. The molecule has 2 aromatic rings. The summed E-state index contributed by atoms with van der Waals surface area (Å²) in [6, 6.07) is 14.9. The Kier molecular flexibility index (Phi) is 5.10. The highest BCUT2D eigenvalue weighted by atomic mass is 16.3. The van der Waals surface area contributed by atoms with Crippen molar-refractivity contribution in [3.63, 3.8) is 0 Å². The van der Waals surface area contributed by atoms with Crippen molar-refractivity contribution in [3.8, 4) is 11.8 Å². The van der Waals surface area contributed by atoms with Crippen LogP contribution < -0.4 is 5.32 Å². The lowest BCUT2D eigenvalue weighted by molar-refractivity contribution is 0.00456. The van der Waals surface area contributed by atoms with Gasteiger partial charge in [0.1, 0.15) is 5.75 Å². The SMILES string of the molecule is CN(C(=O)Nc1ccc(C#N)cc1)[C@@H]1C2Cc3ccc(O)cc3[C@@]1(C)CCN2CC1CC1. The van der Waals surface area contributed by atoms with Crippen LogP contribution in [0.2, 0.25) is 0 Å². The van der Waals surface area contributed by atoms with Crippen LogP contribution >= 0.6 is 0 Å². The Morgan fingerprint density at radius 2 is 2.03 bits per heavy atom. The first-order chi connectivity index (χ1) is 15.4. The fourth-order valence-corrected chi connectivity index (χ4v) is 5.86. The van der Waals surface area contributed by atoms with Gasteiger partial charge in [-0.2, -0.15) is 5.26 Å². The second-order valence-corrected chi connectivity index (χ2v) is 9.89. The molecule has 6 heteroatoms. The third-order valence-electron chi connectivity index (χ3n) is 7.73. The number of piperidine rings is 1. The van der Waals surface area contributed by atoms with Gasteiger partial charge in [0.05, 0.1) is 17.7 Å². The van der Waals surface area contributed by atoms with Crippen molar-refractivity contribution in [2.24, 2.45) is 5.92 Å². The van der Waals surface area contributed by atoms with E-state index >= 15 is 0 Å². The summed E-state index contributed by atoms with van der Waals surface area (Å²) in [5.41, 5.74) is 3.47. The Bertz CT molecular complexity index is 1070. The molecule has 3 atom stereocenters. The van der Waals surface area contributed by atoms with Gasteiger partial charge in [0.25, 0.3) is 0 Å². The highest BCUT2D eigenvalue weighted by Gasteiger charge is 2.53. The van der Waals surface area contributed by atoms with Crippen LogP contribution in [-0.2, 0) is 11.8 Å². The van der Waals surface area contributed by atoms with Gasteiger partial charge < -0.3 is 15.3 Å². The molecule has 2 fully saturated rings. The number of phenolic OH excluding ortho intramolecular Hbond substituents is 1. The summed E-state index contributed by atoms with van der Waals surface area (Å²) in [4.78, 5) is 17.8. The van der Waals surface area contributed by atoms with Crippen molar-refractivity contribution < 1.29 is 9.90 Å². The zero-order valence-electron chi connectivity index (χ0n) is 18.7. The number of hydrogen-bond donors (Lipinski definition) is 2. The Balaban J connectivity index is 1.46. The van der Waals surface area contributed by atoms with Gasteiger partial charge in [-0.05, 0) is 85.7 Å². The molecule has 2 amide bonds. The number of likely N-dealkylation sites (N-methyl/N-ethyl adjacent to an activating group) is 1. The highest BCUT2D eigenvalue weighted by molar-refractivity contribution is 5.89. The maximum Gasteiger partial charge on any atom is 0.321 e. The van der Waals surface area contributed by atoms with Gasteiger partial charge in [-0.15, -0.1) is 0 Å². The van der Waals surface area contributed by atoms with E-state index in [0.29, 0.717) is 11.3 Å². The second-order valence-electron chi connectivity index (χ2n) is 9.89. The molecule has 1 aliphatic heterocycles. The number of aromatic hydroxyl groups is 1. The van der Waals surface area contributed by atoms with Gasteiger partial charge in [0, 0.05) is 30.7 Å². The van der Waals surface area contributed by atoms with E-state index in [0.717, 1.165) is 31.8 Å². The molecule has 0 radical (unpaired) electrons. The van der Waals surface area contributed by atoms with Crippen molar-refractivity contribution in [1.82, 2.24) is 9.80 Å². The van der Waals surface area contributed by atoms with Crippen LogP contribution in [0.25, 0.3) is 0 Å². The number of fused-ring (bicyclic) bond motifs is 4. The molecule has 3 aliphatic rings. The van der Waals surface area contributed by atoms with Crippen LogP contribution in [0, 0.1) is 17.2 Å². The topological polar surface area (TPSA) is 79.6 Å². The largest absolute Gasteiger partial charge is 0.508 e.